The topological polar surface area (TPSA) is 79.3 Å². The van der Waals surface area contributed by atoms with Crippen molar-refractivity contribution in [2.24, 2.45) is 0 Å². The Labute approximate surface area is 130 Å². The Bertz CT molecular complexity index is 701. The Kier molecular flexibility index (Phi) is 4.70. The summed E-state index contributed by atoms with van der Waals surface area (Å²) >= 11 is 3.33. The van der Waals surface area contributed by atoms with Crippen LogP contribution < -0.4 is 5.32 Å². The molecule has 2 N–H and O–H groups in total. The largest absolute Gasteiger partial charge is 0.478 e. The summed E-state index contributed by atoms with van der Waals surface area (Å²) in [5.74, 6) is -1.26. The lowest BCUT2D eigenvalue weighted by Gasteiger charge is -2.08. The van der Waals surface area contributed by atoms with Crippen molar-refractivity contribution in [3.8, 4) is 0 Å². The standard InChI is InChI=1S/C15H13BrN2O3/c1-9-2-3-13(16)12(6-9)14(19)18-8-11-7-10(15(20)21)4-5-17-11/h2-7H,8H2,1H3,(H,18,19)(H,20,21). The molecule has 0 aliphatic rings. The quantitative estimate of drug-likeness (QED) is 0.890. The lowest BCUT2D eigenvalue weighted by Crippen LogP contribution is -2.24. The second-order valence-corrected chi connectivity index (χ2v) is 5.36. The first-order valence-electron chi connectivity index (χ1n) is 6.20. The number of carbonyl (C=O) groups excluding carboxylic acids is 1. The van der Waals surface area contributed by atoms with Crippen molar-refractivity contribution in [1.29, 1.82) is 0 Å². The number of amides is 1. The first-order valence-corrected chi connectivity index (χ1v) is 6.99. The highest BCUT2D eigenvalue weighted by Gasteiger charge is 2.11. The molecule has 0 aliphatic heterocycles. The van der Waals surface area contributed by atoms with Gasteiger partial charge in [0.05, 0.1) is 23.4 Å². The van der Waals surface area contributed by atoms with Gasteiger partial charge in [0.1, 0.15) is 0 Å². The number of pyridine rings is 1. The maximum atomic E-state index is 12.1. The molecule has 0 spiro atoms. The summed E-state index contributed by atoms with van der Waals surface area (Å²) in [5.41, 5.74) is 2.15. The Morgan fingerprint density at radius 2 is 2.05 bits per heavy atom. The van der Waals surface area contributed by atoms with Crippen molar-refractivity contribution in [2.45, 2.75) is 13.5 Å². The molecular weight excluding hydrogens is 336 g/mol. The van der Waals surface area contributed by atoms with Crippen molar-refractivity contribution < 1.29 is 14.7 Å². The third-order valence-electron chi connectivity index (χ3n) is 2.86. The van der Waals surface area contributed by atoms with Crippen LogP contribution in [0.4, 0.5) is 0 Å². The minimum Gasteiger partial charge on any atom is -0.478 e. The Balaban J connectivity index is 2.09. The number of aromatic carboxylic acids is 1. The van der Waals surface area contributed by atoms with Gasteiger partial charge in [-0.15, -0.1) is 0 Å². The van der Waals surface area contributed by atoms with Crippen molar-refractivity contribution in [3.63, 3.8) is 0 Å². The number of carbonyl (C=O) groups is 2. The molecule has 5 nitrogen and oxygen atoms in total. The van der Waals surface area contributed by atoms with Crippen LogP contribution in [0.15, 0.2) is 41.0 Å². The average molecular weight is 349 g/mol. The van der Waals surface area contributed by atoms with Gasteiger partial charge in [0.25, 0.3) is 5.91 Å². The van der Waals surface area contributed by atoms with E-state index in [0.717, 1.165) is 5.56 Å². The van der Waals surface area contributed by atoms with E-state index in [1.165, 1.54) is 18.3 Å². The van der Waals surface area contributed by atoms with Gasteiger partial charge in [-0.2, -0.15) is 0 Å². The minimum atomic E-state index is -1.02. The maximum Gasteiger partial charge on any atom is 0.335 e. The zero-order chi connectivity index (χ0) is 15.4. The summed E-state index contributed by atoms with van der Waals surface area (Å²) in [6, 6.07) is 8.34. The number of hydrogen-bond donors (Lipinski definition) is 2. The number of rotatable bonds is 4. The molecule has 0 atom stereocenters. The fourth-order valence-corrected chi connectivity index (χ4v) is 2.21. The number of aryl methyl sites for hydroxylation is 1. The highest BCUT2D eigenvalue weighted by molar-refractivity contribution is 9.10. The van der Waals surface area contributed by atoms with Crippen LogP contribution in [0.3, 0.4) is 0 Å². The van der Waals surface area contributed by atoms with Crippen LogP contribution in [0.25, 0.3) is 0 Å². The second kappa shape index (κ2) is 6.49. The summed E-state index contributed by atoms with van der Waals surface area (Å²) in [6.45, 7) is 2.07. The van der Waals surface area contributed by atoms with E-state index < -0.39 is 5.97 Å². The molecule has 1 heterocycles. The molecule has 1 amide bonds. The molecule has 0 fully saturated rings. The van der Waals surface area contributed by atoms with Gasteiger partial charge in [-0.3, -0.25) is 9.78 Å². The predicted molar refractivity (Wildman–Crippen MR) is 81.2 cm³/mol. The molecule has 2 aromatic rings. The van der Waals surface area contributed by atoms with Crippen molar-refractivity contribution in [3.05, 3.63) is 63.4 Å². The molecule has 0 saturated heterocycles. The van der Waals surface area contributed by atoms with Gasteiger partial charge >= 0.3 is 5.97 Å². The summed E-state index contributed by atoms with van der Waals surface area (Å²) in [5, 5.41) is 11.6. The molecule has 0 unspecified atom stereocenters. The van der Waals surface area contributed by atoms with E-state index in [1.807, 2.05) is 19.1 Å². The first-order chi connectivity index (χ1) is 9.97. The number of nitrogens with one attached hydrogen (secondary N) is 1. The highest BCUT2D eigenvalue weighted by atomic mass is 79.9. The number of halogens is 1. The van der Waals surface area contributed by atoms with Gasteiger partial charge in [0.2, 0.25) is 0 Å². The maximum absolute atomic E-state index is 12.1. The van der Waals surface area contributed by atoms with Crippen LogP contribution in [0.1, 0.15) is 32.0 Å². The zero-order valence-corrected chi connectivity index (χ0v) is 12.8. The van der Waals surface area contributed by atoms with E-state index in [1.54, 1.807) is 6.07 Å². The molecule has 0 radical (unpaired) electrons. The molecular formula is C15H13BrN2O3. The molecule has 0 saturated carbocycles. The van der Waals surface area contributed by atoms with E-state index in [2.05, 4.69) is 26.2 Å². The molecule has 1 aromatic carbocycles. The normalized spacial score (nSPS) is 10.2. The first kappa shape index (κ1) is 15.2. The minimum absolute atomic E-state index is 0.144. The molecule has 2 rings (SSSR count). The van der Waals surface area contributed by atoms with Gasteiger partial charge in [0.15, 0.2) is 0 Å². The molecule has 6 heteroatoms. The Hall–Kier alpha value is -2.21. The monoisotopic (exact) mass is 348 g/mol. The lowest BCUT2D eigenvalue weighted by atomic mass is 10.1. The summed E-state index contributed by atoms with van der Waals surface area (Å²) in [7, 11) is 0. The molecule has 0 aliphatic carbocycles. The number of aromatic nitrogens is 1. The summed E-state index contributed by atoms with van der Waals surface area (Å²) < 4.78 is 0.706. The molecule has 0 bridgehead atoms. The third-order valence-corrected chi connectivity index (χ3v) is 3.55. The SMILES string of the molecule is Cc1ccc(Br)c(C(=O)NCc2cc(C(=O)O)ccn2)c1. The van der Waals surface area contributed by atoms with Crippen LogP contribution in [0.5, 0.6) is 0 Å². The van der Waals surface area contributed by atoms with Crippen LogP contribution >= 0.6 is 15.9 Å². The van der Waals surface area contributed by atoms with Gasteiger partial charge in [-0.1, -0.05) is 11.6 Å². The van der Waals surface area contributed by atoms with Gasteiger partial charge in [0, 0.05) is 10.7 Å². The van der Waals surface area contributed by atoms with Crippen LogP contribution in [-0.2, 0) is 6.54 Å². The van der Waals surface area contributed by atoms with Crippen molar-refractivity contribution in [1.82, 2.24) is 10.3 Å². The van der Waals surface area contributed by atoms with E-state index in [0.29, 0.717) is 15.7 Å². The number of nitrogens with zero attached hydrogens (tertiary/aromatic N) is 1. The fourth-order valence-electron chi connectivity index (χ4n) is 1.79. The number of carboxylic acid groups (broad SMARTS) is 1. The average Bonchev–Trinajstić information content (AvgIpc) is 2.47. The van der Waals surface area contributed by atoms with Crippen molar-refractivity contribution in [2.75, 3.05) is 0 Å². The fraction of sp³-hybridized carbons (Fsp3) is 0.133. The van der Waals surface area contributed by atoms with E-state index in [9.17, 15) is 9.59 Å². The zero-order valence-electron chi connectivity index (χ0n) is 11.3. The number of benzene rings is 1. The smallest absolute Gasteiger partial charge is 0.335 e. The predicted octanol–water partition coefficient (Wildman–Crippen LogP) is 2.78. The van der Waals surface area contributed by atoms with Gasteiger partial charge in [-0.25, -0.2) is 4.79 Å². The third kappa shape index (κ3) is 3.88. The second-order valence-electron chi connectivity index (χ2n) is 4.51. The van der Waals surface area contributed by atoms with Crippen molar-refractivity contribution >= 4 is 27.8 Å². The number of carboxylic acids is 1. The van der Waals surface area contributed by atoms with E-state index in [-0.39, 0.29) is 18.0 Å². The van der Waals surface area contributed by atoms with Crippen LogP contribution in [0, 0.1) is 6.92 Å². The van der Waals surface area contributed by atoms with Crippen LogP contribution in [0.2, 0.25) is 0 Å². The highest BCUT2D eigenvalue weighted by Crippen LogP contribution is 2.18. The lowest BCUT2D eigenvalue weighted by molar-refractivity contribution is 0.0696. The Morgan fingerprint density at radius 1 is 1.29 bits per heavy atom. The van der Waals surface area contributed by atoms with E-state index in [4.69, 9.17) is 5.11 Å². The Morgan fingerprint density at radius 3 is 2.76 bits per heavy atom. The van der Waals surface area contributed by atoms with Gasteiger partial charge < -0.3 is 10.4 Å². The van der Waals surface area contributed by atoms with E-state index >= 15 is 0 Å². The van der Waals surface area contributed by atoms with Crippen LogP contribution in [-0.4, -0.2) is 22.0 Å². The summed E-state index contributed by atoms with van der Waals surface area (Å²) in [4.78, 5) is 27.0. The molecule has 108 valence electrons. The number of hydrogen-bond acceptors (Lipinski definition) is 3. The molecule has 1 aromatic heterocycles. The summed E-state index contributed by atoms with van der Waals surface area (Å²) in [6.07, 6.45) is 1.41. The van der Waals surface area contributed by atoms with Gasteiger partial charge in [-0.05, 0) is 47.1 Å². The molecule has 21 heavy (non-hydrogen) atoms.